The molecule has 0 aromatic heterocycles. The quantitative estimate of drug-likeness (QED) is 0.527. The van der Waals surface area contributed by atoms with Crippen molar-refractivity contribution < 1.29 is 14.3 Å². The van der Waals surface area contributed by atoms with E-state index < -0.39 is 0 Å². The van der Waals surface area contributed by atoms with Crippen molar-refractivity contribution in [2.24, 2.45) is 11.8 Å². The van der Waals surface area contributed by atoms with E-state index in [9.17, 15) is 4.79 Å². The molecule has 3 rings (SSSR count). The Kier molecular flexibility index (Phi) is 7.27. The van der Waals surface area contributed by atoms with Gasteiger partial charge < -0.3 is 14.4 Å². The second-order valence-electron chi connectivity index (χ2n) is 7.47. The highest BCUT2D eigenvalue weighted by Gasteiger charge is 2.28. The zero-order valence-electron chi connectivity index (χ0n) is 15.9. The summed E-state index contributed by atoms with van der Waals surface area (Å²) in [6, 6.07) is 8.76. The summed E-state index contributed by atoms with van der Waals surface area (Å²) in [5, 5.41) is 0. The van der Waals surface area contributed by atoms with Crippen molar-refractivity contribution in [3.05, 3.63) is 47.5 Å². The van der Waals surface area contributed by atoms with E-state index >= 15 is 0 Å². The van der Waals surface area contributed by atoms with Crippen LogP contribution in [0, 0.1) is 11.8 Å². The van der Waals surface area contributed by atoms with Gasteiger partial charge in [0.1, 0.15) is 0 Å². The van der Waals surface area contributed by atoms with E-state index in [-0.39, 0.29) is 5.92 Å². The minimum absolute atomic E-state index is 0.213. The van der Waals surface area contributed by atoms with Crippen LogP contribution in [0.25, 0.3) is 0 Å². The second-order valence-corrected chi connectivity index (χ2v) is 7.47. The number of hydrogen-bond acceptors (Lipinski definition) is 3. The molecule has 0 atom stereocenters. The van der Waals surface area contributed by atoms with Gasteiger partial charge >= 0.3 is 0 Å². The number of amides is 1. The van der Waals surface area contributed by atoms with Crippen LogP contribution in [0.1, 0.15) is 36.8 Å². The lowest BCUT2D eigenvalue weighted by atomic mass is 9.89. The molecule has 1 amide bonds. The highest BCUT2D eigenvalue weighted by atomic mass is 16.5. The van der Waals surface area contributed by atoms with Gasteiger partial charge in [0.05, 0.1) is 19.8 Å². The van der Waals surface area contributed by atoms with Crippen LogP contribution < -0.4 is 0 Å². The van der Waals surface area contributed by atoms with Crippen molar-refractivity contribution in [3.8, 4) is 0 Å². The Bertz CT molecular complexity index is 580. The number of piperidine rings is 1. The summed E-state index contributed by atoms with van der Waals surface area (Å²) in [7, 11) is 1.69. The molecule has 0 N–H and O–H groups in total. The number of methoxy groups -OCH3 is 1. The molecule has 0 unspecified atom stereocenters. The minimum atomic E-state index is 0.213. The number of rotatable bonds is 8. The Morgan fingerprint density at radius 3 is 2.35 bits per heavy atom. The molecule has 4 heteroatoms. The predicted molar refractivity (Wildman–Crippen MR) is 103 cm³/mol. The van der Waals surface area contributed by atoms with Gasteiger partial charge in [-0.25, -0.2) is 0 Å². The van der Waals surface area contributed by atoms with Gasteiger partial charge in [-0.15, -0.1) is 0 Å². The Labute approximate surface area is 157 Å². The number of hydrogen-bond donors (Lipinski definition) is 0. The van der Waals surface area contributed by atoms with E-state index in [0.717, 1.165) is 45.2 Å². The topological polar surface area (TPSA) is 38.8 Å². The number of nitrogens with zero attached hydrogens (tertiary/aromatic N) is 1. The third-order valence-electron chi connectivity index (χ3n) is 5.53. The number of ether oxygens (including phenoxy) is 2. The van der Waals surface area contributed by atoms with E-state index in [0.29, 0.717) is 31.6 Å². The minimum Gasteiger partial charge on any atom is -0.382 e. The van der Waals surface area contributed by atoms with Crippen molar-refractivity contribution >= 4 is 5.91 Å². The van der Waals surface area contributed by atoms with Crippen LogP contribution >= 0.6 is 0 Å². The SMILES string of the molecule is COCCOCc1ccc(CC2CCN(C(=O)C3CC=CC3)CC2)cc1. The maximum atomic E-state index is 12.5. The number of allylic oxidation sites excluding steroid dienone is 2. The first-order valence-electron chi connectivity index (χ1n) is 9.84. The highest BCUT2D eigenvalue weighted by molar-refractivity contribution is 5.79. The van der Waals surface area contributed by atoms with Gasteiger partial charge in [-0.2, -0.15) is 0 Å². The lowest BCUT2D eigenvalue weighted by Crippen LogP contribution is -2.41. The Hall–Kier alpha value is -1.65. The van der Waals surface area contributed by atoms with E-state index in [4.69, 9.17) is 9.47 Å². The Balaban J connectivity index is 1.39. The van der Waals surface area contributed by atoms with Crippen molar-refractivity contribution in [1.29, 1.82) is 0 Å². The number of benzene rings is 1. The molecule has 0 radical (unpaired) electrons. The van der Waals surface area contributed by atoms with Gasteiger partial charge in [0.25, 0.3) is 0 Å². The first kappa shape index (κ1) is 19.1. The summed E-state index contributed by atoms with van der Waals surface area (Å²) in [4.78, 5) is 14.6. The van der Waals surface area contributed by atoms with Crippen molar-refractivity contribution in [2.45, 2.75) is 38.7 Å². The second kappa shape index (κ2) is 9.89. The lowest BCUT2D eigenvalue weighted by molar-refractivity contribution is -0.136. The molecule has 142 valence electrons. The summed E-state index contributed by atoms with van der Waals surface area (Å²) in [6.45, 7) is 3.75. The molecular weight excluding hydrogens is 326 g/mol. The number of carbonyl (C=O) groups excluding carboxylic acids is 1. The fraction of sp³-hybridized carbons (Fsp3) is 0.591. The molecule has 1 aromatic carbocycles. The van der Waals surface area contributed by atoms with Crippen LogP contribution in [-0.2, 0) is 27.3 Å². The first-order chi connectivity index (χ1) is 12.8. The average molecular weight is 357 g/mol. The van der Waals surface area contributed by atoms with E-state index in [1.807, 2.05) is 0 Å². The van der Waals surface area contributed by atoms with Crippen LogP contribution in [0.15, 0.2) is 36.4 Å². The molecule has 1 fully saturated rings. The summed E-state index contributed by atoms with van der Waals surface area (Å²) in [5.74, 6) is 1.26. The zero-order chi connectivity index (χ0) is 18.2. The fourth-order valence-corrected chi connectivity index (χ4v) is 3.87. The summed E-state index contributed by atoms with van der Waals surface area (Å²) >= 11 is 0. The molecule has 0 saturated carbocycles. The van der Waals surface area contributed by atoms with Gasteiger partial charge in [-0.1, -0.05) is 36.4 Å². The van der Waals surface area contributed by atoms with Gasteiger partial charge in [0, 0.05) is 26.1 Å². The molecule has 1 aromatic rings. The maximum absolute atomic E-state index is 12.5. The van der Waals surface area contributed by atoms with Crippen LogP contribution in [-0.4, -0.2) is 44.2 Å². The molecule has 1 aliphatic heterocycles. The van der Waals surface area contributed by atoms with Crippen molar-refractivity contribution in [3.63, 3.8) is 0 Å². The first-order valence-corrected chi connectivity index (χ1v) is 9.84. The zero-order valence-corrected chi connectivity index (χ0v) is 15.9. The monoisotopic (exact) mass is 357 g/mol. The van der Waals surface area contributed by atoms with Crippen LogP contribution in [0.2, 0.25) is 0 Å². The summed E-state index contributed by atoms with van der Waals surface area (Å²) < 4.78 is 10.5. The fourth-order valence-electron chi connectivity index (χ4n) is 3.87. The lowest BCUT2D eigenvalue weighted by Gasteiger charge is -2.33. The molecule has 2 aliphatic rings. The molecule has 0 bridgehead atoms. The number of likely N-dealkylation sites (tertiary alicyclic amines) is 1. The Morgan fingerprint density at radius 1 is 1.04 bits per heavy atom. The molecule has 4 nitrogen and oxygen atoms in total. The normalized spacial score (nSPS) is 18.6. The molecular formula is C22H31NO3. The van der Waals surface area contributed by atoms with E-state index in [1.54, 1.807) is 7.11 Å². The van der Waals surface area contributed by atoms with Gasteiger partial charge in [-0.3, -0.25) is 4.79 Å². The molecule has 26 heavy (non-hydrogen) atoms. The van der Waals surface area contributed by atoms with E-state index in [2.05, 4.69) is 41.3 Å². The van der Waals surface area contributed by atoms with Crippen LogP contribution in [0.3, 0.4) is 0 Å². The Morgan fingerprint density at radius 2 is 1.69 bits per heavy atom. The predicted octanol–water partition coefficient (Wildman–Crippen LogP) is 3.60. The van der Waals surface area contributed by atoms with Crippen molar-refractivity contribution in [2.75, 3.05) is 33.4 Å². The third-order valence-corrected chi connectivity index (χ3v) is 5.53. The third kappa shape index (κ3) is 5.42. The molecule has 1 saturated heterocycles. The smallest absolute Gasteiger partial charge is 0.226 e. The average Bonchev–Trinajstić information content (AvgIpc) is 3.21. The molecule has 1 heterocycles. The van der Waals surface area contributed by atoms with Gasteiger partial charge in [0.15, 0.2) is 0 Å². The van der Waals surface area contributed by atoms with Crippen LogP contribution in [0.5, 0.6) is 0 Å². The molecule has 1 aliphatic carbocycles. The van der Waals surface area contributed by atoms with Crippen LogP contribution in [0.4, 0.5) is 0 Å². The largest absolute Gasteiger partial charge is 0.382 e. The van der Waals surface area contributed by atoms with E-state index in [1.165, 1.54) is 11.1 Å². The summed E-state index contributed by atoms with van der Waals surface area (Å²) in [5.41, 5.74) is 2.59. The standard InChI is InChI=1S/C22H31NO3/c1-25-14-15-26-17-20-8-6-18(7-9-20)16-19-10-12-23(13-11-19)22(24)21-4-2-3-5-21/h2-3,6-9,19,21H,4-5,10-17H2,1H3. The highest BCUT2D eigenvalue weighted by Crippen LogP contribution is 2.26. The molecule has 0 spiro atoms. The van der Waals surface area contributed by atoms with Gasteiger partial charge in [0.2, 0.25) is 5.91 Å². The van der Waals surface area contributed by atoms with Crippen molar-refractivity contribution in [1.82, 2.24) is 4.90 Å². The van der Waals surface area contributed by atoms with Gasteiger partial charge in [-0.05, 0) is 49.1 Å². The maximum Gasteiger partial charge on any atom is 0.226 e. The number of carbonyl (C=O) groups is 1. The summed E-state index contributed by atoms with van der Waals surface area (Å²) in [6.07, 6.45) is 9.49.